The fourth-order valence-corrected chi connectivity index (χ4v) is 2.08. The molecule has 1 atom stereocenters. The Bertz CT molecular complexity index is 392. The predicted molar refractivity (Wildman–Crippen MR) is 69.4 cm³/mol. The summed E-state index contributed by atoms with van der Waals surface area (Å²) >= 11 is 4.39. The zero-order valence-electron chi connectivity index (χ0n) is 10.2. The molecule has 1 heterocycles. The molecule has 0 unspecified atom stereocenters. The maximum Gasteiger partial charge on any atom is 0.231 e. The summed E-state index contributed by atoms with van der Waals surface area (Å²) < 4.78 is 16.3. The van der Waals surface area contributed by atoms with Gasteiger partial charge in [0.15, 0.2) is 11.5 Å². The summed E-state index contributed by atoms with van der Waals surface area (Å²) in [4.78, 5) is 0.790. The summed E-state index contributed by atoms with van der Waals surface area (Å²) in [6.45, 7) is 5.36. The smallest absolute Gasteiger partial charge is 0.231 e. The highest BCUT2D eigenvalue weighted by Gasteiger charge is 2.17. The number of ether oxygens (including phenoxy) is 3. The molecule has 2 rings (SSSR count). The van der Waals surface area contributed by atoms with Crippen molar-refractivity contribution in [3.63, 3.8) is 0 Å². The minimum Gasteiger partial charge on any atom is -0.492 e. The summed E-state index contributed by atoms with van der Waals surface area (Å²) in [6.07, 6.45) is 2.35. The van der Waals surface area contributed by atoms with Gasteiger partial charge in [0.25, 0.3) is 0 Å². The van der Waals surface area contributed by atoms with Crippen LogP contribution in [0, 0.1) is 5.92 Å². The molecule has 0 aliphatic carbocycles. The first-order chi connectivity index (χ1) is 8.20. The Morgan fingerprint density at radius 2 is 2.06 bits per heavy atom. The highest BCUT2D eigenvalue weighted by atomic mass is 32.1. The van der Waals surface area contributed by atoms with Gasteiger partial charge in [0.2, 0.25) is 6.79 Å². The molecule has 1 aliphatic heterocycles. The second-order valence-electron chi connectivity index (χ2n) is 4.38. The van der Waals surface area contributed by atoms with Crippen LogP contribution in [0.5, 0.6) is 17.2 Å². The van der Waals surface area contributed by atoms with Crippen LogP contribution in [0.2, 0.25) is 0 Å². The number of thiol groups is 1. The van der Waals surface area contributed by atoms with E-state index in [0.717, 1.165) is 22.1 Å². The average molecular weight is 254 g/mol. The van der Waals surface area contributed by atoms with Crippen molar-refractivity contribution in [2.75, 3.05) is 13.4 Å². The van der Waals surface area contributed by atoms with Crippen LogP contribution >= 0.6 is 12.6 Å². The van der Waals surface area contributed by atoms with Gasteiger partial charge in [-0.2, -0.15) is 0 Å². The monoisotopic (exact) mass is 254 g/mol. The van der Waals surface area contributed by atoms with E-state index in [1.165, 1.54) is 12.8 Å². The lowest BCUT2D eigenvalue weighted by Gasteiger charge is -2.13. The van der Waals surface area contributed by atoms with Crippen LogP contribution in [0.4, 0.5) is 0 Å². The van der Waals surface area contributed by atoms with Crippen LogP contribution in [-0.4, -0.2) is 13.4 Å². The van der Waals surface area contributed by atoms with E-state index in [9.17, 15) is 0 Å². The predicted octanol–water partition coefficient (Wildman–Crippen LogP) is 3.52. The molecule has 1 aliphatic rings. The SMILES string of the molecule is CCC[C@@H](C)COc1cc2c(cc1S)OCO2. The van der Waals surface area contributed by atoms with Crippen LogP contribution < -0.4 is 14.2 Å². The third-order valence-corrected chi connectivity index (χ3v) is 3.11. The van der Waals surface area contributed by atoms with E-state index in [0.29, 0.717) is 12.5 Å². The van der Waals surface area contributed by atoms with Crippen molar-refractivity contribution in [1.82, 2.24) is 0 Å². The summed E-state index contributed by atoms with van der Waals surface area (Å²) in [6, 6.07) is 3.69. The summed E-state index contributed by atoms with van der Waals surface area (Å²) in [5, 5.41) is 0. The number of fused-ring (bicyclic) bond motifs is 1. The van der Waals surface area contributed by atoms with E-state index in [1.807, 2.05) is 12.1 Å². The van der Waals surface area contributed by atoms with Crippen LogP contribution in [0.3, 0.4) is 0 Å². The van der Waals surface area contributed by atoms with Gasteiger partial charge in [0, 0.05) is 12.1 Å². The molecule has 0 aromatic heterocycles. The van der Waals surface area contributed by atoms with Gasteiger partial charge in [-0.05, 0) is 12.3 Å². The van der Waals surface area contributed by atoms with Crippen molar-refractivity contribution in [3.05, 3.63) is 12.1 Å². The molecular weight excluding hydrogens is 236 g/mol. The van der Waals surface area contributed by atoms with Crippen LogP contribution in [0.15, 0.2) is 17.0 Å². The molecule has 17 heavy (non-hydrogen) atoms. The topological polar surface area (TPSA) is 27.7 Å². The maximum absolute atomic E-state index is 5.76. The standard InChI is InChI=1S/C13H18O3S/c1-3-4-9(2)7-14-12-5-10-11(6-13(12)17)16-8-15-10/h5-6,9,17H,3-4,7-8H2,1-2H3/t9-/m1/s1. The molecule has 0 N–H and O–H groups in total. The van der Waals surface area contributed by atoms with E-state index in [4.69, 9.17) is 14.2 Å². The van der Waals surface area contributed by atoms with Crippen molar-refractivity contribution >= 4 is 12.6 Å². The van der Waals surface area contributed by atoms with E-state index < -0.39 is 0 Å². The number of rotatable bonds is 5. The molecule has 0 bridgehead atoms. The van der Waals surface area contributed by atoms with Crippen LogP contribution in [0.25, 0.3) is 0 Å². The van der Waals surface area contributed by atoms with Gasteiger partial charge >= 0.3 is 0 Å². The molecule has 1 aromatic rings. The van der Waals surface area contributed by atoms with E-state index in [-0.39, 0.29) is 6.79 Å². The molecule has 0 spiro atoms. The molecule has 0 radical (unpaired) electrons. The lowest BCUT2D eigenvalue weighted by atomic mass is 10.1. The Balaban J connectivity index is 2.01. The van der Waals surface area contributed by atoms with Gasteiger partial charge in [0.05, 0.1) is 11.5 Å². The summed E-state index contributed by atoms with van der Waals surface area (Å²) in [5.74, 6) is 2.79. The third-order valence-electron chi connectivity index (χ3n) is 2.76. The molecule has 0 saturated carbocycles. The molecule has 0 saturated heterocycles. The zero-order valence-corrected chi connectivity index (χ0v) is 11.1. The fraction of sp³-hybridized carbons (Fsp3) is 0.538. The van der Waals surface area contributed by atoms with Gasteiger partial charge in [-0.3, -0.25) is 0 Å². The molecule has 3 nitrogen and oxygen atoms in total. The van der Waals surface area contributed by atoms with Gasteiger partial charge in [-0.1, -0.05) is 20.3 Å². The van der Waals surface area contributed by atoms with Crippen molar-refractivity contribution in [2.24, 2.45) is 5.92 Å². The summed E-state index contributed by atoms with van der Waals surface area (Å²) in [7, 11) is 0. The van der Waals surface area contributed by atoms with Crippen LogP contribution in [-0.2, 0) is 0 Å². The molecule has 0 amide bonds. The molecule has 0 fully saturated rings. The Morgan fingerprint density at radius 3 is 2.76 bits per heavy atom. The minimum atomic E-state index is 0.276. The average Bonchev–Trinajstić information content (AvgIpc) is 2.73. The van der Waals surface area contributed by atoms with E-state index in [1.54, 1.807) is 0 Å². The van der Waals surface area contributed by atoms with Gasteiger partial charge in [-0.15, -0.1) is 12.6 Å². The normalized spacial score (nSPS) is 14.8. The highest BCUT2D eigenvalue weighted by molar-refractivity contribution is 7.80. The second kappa shape index (κ2) is 5.54. The second-order valence-corrected chi connectivity index (χ2v) is 4.86. The van der Waals surface area contributed by atoms with E-state index >= 15 is 0 Å². The molecule has 4 heteroatoms. The molecule has 94 valence electrons. The van der Waals surface area contributed by atoms with Crippen molar-refractivity contribution in [3.8, 4) is 17.2 Å². The quantitative estimate of drug-likeness (QED) is 0.815. The van der Waals surface area contributed by atoms with Gasteiger partial charge in [-0.25, -0.2) is 0 Å². The minimum absolute atomic E-state index is 0.276. The van der Waals surface area contributed by atoms with E-state index in [2.05, 4.69) is 26.5 Å². The third kappa shape index (κ3) is 3.00. The maximum atomic E-state index is 5.76. The van der Waals surface area contributed by atoms with Crippen LogP contribution in [0.1, 0.15) is 26.7 Å². The zero-order chi connectivity index (χ0) is 12.3. The Hall–Kier alpha value is -1.03. The Morgan fingerprint density at radius 1 is 1.35 bits per heavy atom. The Labute approximate surface area is 107 Å². The van der Waals surface area contributed by atoms with Crippen molar-refractivity contribution < 1.29 is 14.2 Å². The summed E-state index contributed by atoms with van der Waals surface area (Å²) in [5.41, 5.74) is 0. The van der Waals surface area contributed by atoms with Crippen molar-refractivity contribution in [1.29, 1.82) is 0 Å². The highest BCUT2D eigenvalue weighted by Crippen LogP contribution is 2.39. The first-order valence-electron chi connectivity index (χ1n) is 5.96. The largest absolute Gasteiger partial charge is 0.492 e. The fourth-order valence-electron chi connectivity index (χ4n) is 1.84. The first-order valence-corrected chi connectivity index (χ1v) is 6.40. The number of hydrogen-bond acceptors (Lipinski definition) is 4. The molecular formula is C13H18O3S. The molecule has 1 aromatic carbocycles. The van der Waals surface area contributed by atoms with Gasteiger partial charge in [0.1, 0.15) is 5.75 Å². The number of hydrogen-bond donors (Lipinski definition) is 1. The van der Waals surface area contributed by atoms with Crippen molar-refractivity contribution in [2.45, 2.75) is 31.6 Å². The Kier molecular flexibility index (Phi) is 4.05. The number of benzene rings is 1. The lowest BCUT2D eigenvalue weighted by Crippen LogP contribution is -2.08. The lowest BCUT2D eigenvalue weighted by molar-refractivity contribution is 0.173. The van der Waals surface area contributed by atoms with Gasteiger partial charge < -0.3 is 14.2 Å². The first kappa shape index (κ1) is 12.4.